The van der Waals surface area contributed by atoms with Crippen molar-refractivity contribution in [3.63, 3.8) is 0 Å². The molecule has 6 nitrogen and oxygen atoms in total. The second-order valence-electron chi connectivity index (χ2n) is 7.25. The van der Waals surface area contributed by atoms with Gasteiger partial charge in [0, 0.05) is 11.1 Å². The van der Waals surface area contributed by atoms with Crippen molar-refractivity contribution in [2.75, 3.05) is 13.7 Å². The van der Waals surface area contributed by atoms with E-state index in [0.717, 1.165) is 0 Å². The van der Waals surface area contributed by atoms with Crippen molar-refractivity contribution in [3.05, 3.63) is 107 Å². The Bertz CT molecular complexity index is 1220. The topological polar surface area (TPSA) is 68.2 Å². The number of nitrogens with zero attached hydrogens (tertiary/aromatic N) is 2. The van der Waals surface area contributed by atoms with Gasteiger partial charge in [0.05, 0.1) is 7.11 Å². The summed E-state index contributed by atoms with van der Waals surface area (Å²) in [6, 6.07) is 22.1. The molecule has 33 heavy (non-hydrogen) atoms. The summed E-state index contributed by atoms with van der Waals surface area (Å²) in [6.07, 6.45) is 1.63. The lowest BCUT2D eigenvalue weighted by molar-refractivity contribution is -0.147. The first kappa shape index (κ1) is 22.0. The molecule has 0 radical (unpaired) electrons. The monoisotopic (exact) mass is 444 g/mol. The van der Waals surface area contributed by atoms with E-state index in [0.29, 0.717) is 28.3 Å². The summed E-state index contributed by atoms with van der Waals surface area (Å²) >= 11 is 0. The van der Waals surface area contributed by atoms with Gasteiger partial charge in [-0.2, -0.15) is 0 Å². The lowest BCUT2D eigenvalue weighted by Crippen LogP contribution is -2.37. The highest BCUT2D eigenvalue weighted by atomic mass is 19.1. The minimum absolute atomic E-state index is 0.0249. The average molecular weight is 444 g/mol. The summed E-state index contributed by atoms with van der Waals surface area (Å²) in [5, 5.41) is 0. The molecule has 166 valence electrons. The largest absolute Gasteiger partial charge is 0.496 e. The molecule has 0 N–H and O–H groups in total. The minimum atomic E-state index is -0.602. The van der Waals surface area contributed by atoms with Crippen LogP contribution in [0.25, 0.3) is 6.08 Å². The number of para-hydroxylation sites is 1. The summed E-state index contributed by atoms with van der Waals surface area (Å²) in [5.41, 5.74) is 2.22. The van der Waals surface area contributed by atoms with Crippen molar-refractivity contribution >= 4 is 23.8 Å². The zero-order valence-corrected chi connectivity index (χ0v) is 17.9. The number of amidine groups is 1. The number of amides is 1. The smallest absolute Gasteiger partial charge is 0.326 e. The summed E-state index contributed by atoms with van der Waals surface area (Å²) in [7, 11) is 1.55. The van der Waals surface area contributed by atoms with Crippen LogP contribution in [0.3, 0.4) is 0 Å². The van der Waals surface area contributed by atoms with Crippen LogP contribution in [0.1, 0.15) is 16.7 Å². The quantitative estimate of drug-likeness (QED) is 0.405. The van der Waals surface area contributed by atoms with Crippen molar-refractivity contribution in [3.8, 4) is 5.75 Å². The highest BCUT2D eigenvalue weighted by Crippen LogP contribution is 2.26. The van der Waals surface area contributed by atoms with Gasteiger partial charge in [-0.15, -0.1) is 0 Å². The number of aliphatic imine (C=N–C) groups is 1. The van der Waals surface area contributed by atoms with Gasteiger partial charge in [-0.25, -0.2) is 9.38 Å². The molecule has 1 aliphatic rings. The Kier molecular flexibility index (Phi) is 6.59. The number of halogens is 1. The fourth-order valence-corrected chi connectivity index (χ4v) is 3.36. The third kappa shape index (κ3) is 5.15. The first-order valence-corrected chi connectivity index (χ1v) is 10.3. The third-order valence-corrected chi connectivity index (χ3v) is 5.01. The van der Waals surface area contributed by atoms with E-state index in [9.17, 15) is 14.0 Å². The molecule has 3 aromatic rings. The summed E-state index contributed by atoms with van der Waals surface area (Å²) in [5.74, 6) is -0.425. The molecule has 3 aromatic carbocycles. The number of methoxy groups -OCH3 is 1. The van der Waals surface area contributed by atoms with Crippen molar-refractivity contribution in [2.24, 2.45) is 4.99 Å². The molecule has 0 aromatic heterocycles. The lowest BCUT2D eigenvalue weighted by atomic mass is 10.1. The van der Waals surface area contributed by atoms with Crippen molar-refractivity contribution in [2.45, 2.75) is 6.61 Å². The van der Waals surface area contributed by atoms with Crippen LogP contribution < -0.4 is 4.74 Å². The van der Waals surface area contributed by atoms with E-state index in [-0.39, 0.29) is 24.7 Å². The van der Waals surface area contributed by atoms with Gasteiger partial charge in [-0.3, -0.25) is 14.5 Å². The average Bonchev–Trinajstić information content (AvgIpc) is 3.14. The van der Waals surface area contributed by atoms with Crippen LogP contribution in [-0.2, 0) is 20.9 Å². The van der Waals surface area contributed by atoms with E-state index < -0.39 is 11.9 Å². The SMILES string of the molecule is COc1ccccc1C=C1N=C(c2ccccc2)N(CC(=O)OCc2ccc(F)cc2)C1=O. The molecule has 0 saturated heterocycles. The molecule has 4 rings (SSSR count). The van der Waals surface area contributed by atoms with Crippen LogP contribution in [0.5, 0.6) is 5.75 Å². The molecule has 0 aliphatic carbocycles. The Labute approximate surface area is 190 Å². The van der Waals surface area contributed by atoms with E-state index >= 15 is 0 Å². The first-order chi connectivity index (χ1) is 16.0. The highest BCUT2D eigenvalue weighted by molar-refractivity contribution is 6.20. The molecule has 0 spiro atoms. The summed E-state index contributed by atoms with van der Waals surface area (Å²) in [4.78, 5) is 31.6. The van der Waals surface area contributed by atoms with Crippen LogP contribution >= 0.6 is 0 Å². The van der Waals surface area contributed by atoms with Crippen LogP contribution in [0.4, 0.5) is 4.39 Å². The Balaban J connectivity index is 1.57. The Morgan fingerprint density at radius 3 is 2.42 bits per heavy atom. The first-order valence-electron chi connectivity index (χ1n) is 10.3. The predicted octanol–water partition coefficient (Wildman–Crippen LogP) is 4.21. The second kappa shape index (κ2) is 9.91. The summed E-state index contributed by atoms with van der Waals surface area (Å²) < 4.78 is 23.7. The maximum Gasteiger partial charge on any atom is 0.326 e. The van der Waals surface area contributed by atoms with Crippen LogP contribution in [0.15, 0.2) is 89.6 Å². The van der Waals surface area contributed by atoms with E-state index in [2.05, 4.69) is 4.99 Å². The van der Waals surface area contributed by atoms with E-state index in [4.69, 9.17) is 9.47 Å². The maximum atomic E-state index is 13.2. The number of benzene rings is 3. The standard InChI is InChI=1S/C26H21FN2O4/c1-32-23-10-6-5-9-20(23)15-22-26(31)29(25(28-22)19-7-3-2-4-8-19)16-24(30)33-17-18-11-13-21(27)14-12-18/h2-15H,16-17H2,1H3. The number of ether oxygens (including phenoxy) is 2. The predicted molar refractivity (Wildman–Crippen MR) is 122 cm³/mol. The molecule has 1 amide bonds. The molecule has 1 heterocycles. The number of rotatable bonds is 7. The van der Waals surface area contributed by atoms with Gasteiger partial charge in [0.25, 0.3) is 5.91 Å². The van der Waals surface area contributed by atoms with Crippen molar-refractivity contribution < 1.29 is 23.5 Å². The number of carbonyl (C=O) groups is 2. The van der Waals surface area contributed by atoms with Crippen molar-refractivity contribution in [1.29, 1.82) is 0 Å². The molecule has 0 saturated carbocycles. The molecule has 7 heteroatoms. The van der Waals surface area contributed by atoms with Gasteiger partial charge in [-0.1, -0.05) is 60.7 Å². The van der Waals surface area contributed by atoms with Gasteiger partial charge in [0.2, 0.25) is 0 Å². The van der Waals surface area contributed by atoms with E-state index in [1.165, 1.54) is 29.2 Å². The normalized spacial score (nSPS) is 14.4. The fourth-order valence-electron chi connectivity index (χ4n) is 3.36. The van der Waals surface area contributed by atoms with Gasteiger partial charge in [-0.05, 0) is 29.8 Å². The van der Waals surface area contributed by atoms with Gasteiger partial charge >= 0.3 is 5.97 Å². The lowest BCUT2D eigenvalue weighted by Gasteiger charge is -2.17. The molecule has 1 aliphatic heterocycles. The second-order valence-corrected chi connectivity index (χ2v) is 7.25. The zero-order valence-electron chi connectivity index (χ0n) is 17.9. The third-order valence-electron chi connectivity index (χ3n) is 5.01. The number of hydrogen-bond donors (Lipinski definition) is 0. The molecule has 0 fully saturated rings. The molecule has 0 unspecified atom stereocenters. The van der Waals surface area contributed by atoms with Gasteiger partial charge in [0.15, 0.2) is 0 Å². The van der Waals surface area contributed by atoms with Crippen LogP contribution in [-0.4, -0.2) is 36.3 Å². The zero-order chi connectivity index (χ0) is 23.2. The van der Waals surface area contributed by atoms with Crippen LogP contribution in [0, 0.1) is 5.82 Å². The Morgan fingerprint density at radius 1 is 1.00 bits per heavy atom. The molecule has 0 bridgehead atoms. The molecule has 0 atom stereocenters. The Hall–Kier alpha value is -4.26. The number of carbonyl (C=O) groups excluding carboxylic acids is 2. The van der Waals surface area contributed by atoms with Gasteiger partial charge in [0.1, 0.15) is 36.3 Å². The van der Waals surface area contributed by atoms with Gasteiger partial charge < -0.3 is 9.47 Å². The molecular weight excluding hydrogens is 423 g/mol. The molecular formula is C26H21FN2O4. The minimum Gasteiger partial charge on any atom is -0.496 e. The number of hydrogen-bond acceptors (Lipinski definition) is 5. The van der Waals surface area contributed by atoms with Crippen molar-refractivity contribution in [1.82, 2.24) is 4.90 Å². The fraction of sp³-hybridized carbons (Fsp3) is 0.115. The van der Waals surface area contributed by atoms with Crippen LogP contribution in [0.2, 0.25) is 0 Å². The van der Waals surface area contributed by atoms with E-state index in [1.807, 2.05) is 48.5 Å². The summed E-state index contributed by atoms with van der Waals surface area (Å²) in [6.45, 7) is -0.333. The maximum absolute atomic E-state index is 13.2. The van der Waals surface area contributed by atoms with E-state index in [1.54, 1.807) is 19.3 Å². The number of esters is 1. The Morgan fingerprint density at radius 2 is 1.70 bits per heavy atom. The highest BCUT2D eigenvalue weighted by Gasteiger charge is 2.33.